The summed E-state index contributed by atoms with van der Waals surface area (Å²) in [5, 5.41) is 5.60. The van der Waals surface area contributed by atoms with Crippen molar-refractivity contribution in [1.82, 2.24) is 10.6 Å². The number of carbonyl (C=O) groups excluding carboxylic acids is 2. The minimum atomic E-state index is -0.916. The van der Waals surface area contributed by atoms with Gasteiger partial charge >= 0.3 is 6.03 Å². The molecule has 3 amide bonds. The minimum Gasteiger partial charge on any atom is -0.381 e. The van der Waals surface area contributed by atoms with Gasteiger partial charge in [0.1, 0.15) is 0 Å². The number of benzene rings is 1. The third-order valence-corrected chi connectivity index (χ3v) is 6.81. The Labute approximate surface area is 154 Å². The quantitative estimate of drug-likeness (QED) is 0.814. The monoisotopic (exact) mass is 356 g/mol. The van der Waals surface area contributed by atoms with Crippen molar-refractivity contribution in [3.8, 4) is 0 Å². The lowest BCUT2D eigenvalue weighted by Gasteiger charge is -2.46. The molecule has 1 saturated heterocycles. The molecule has 5 nitrogen and oxygen atoms in total. The lowest BCUT2D eigenvalue weighted by Crippen LogP contribution is -2.56. The van der Waals surface area contributed by atoms with Gasteiger partial charge in [-0.05, 0) is 61.6 Å². The Balaban J connectivity index is 1.78. The van der Waals surface area contributed by atoms with E-state index in [1.165, 1.54) is 11.1 Å². The van der Waals surface area contributed by atoms with E-state index in [1.807, 2.05) is 0 Å². The van der Waals surface area contributed by atoms with Crippen LogP contribution in [-0.2, 0) is 27.9 Å². The highest BCUT2D eigenvalue weighted by Crippen LogP contribution is 2.59. The summed E-state index contributed by atoms with van der Waals surface area (Å²) in [6, 6.07) is 6.18. The predicted molar refractivity (Wildman–Crippen MR) is 98.8 cm³/mol. The van der Waals surface area contributed by atoms with Crippen molar-refractivity contribution in [1.29, 1.82) is 0 Å². The number of hydrogen-bond donors (Lipinski definition) is 2. The molecule has 2 spiro atoms. The van der Waals surface area contributed by atoms with Gasteiger partial charge in [-0.15, -0.1) is 0 Å². The van der Waals surface area contributed by atoms with Crippen LogP contribution in [0.15, 0.2) is 18.2 Å². The van der Waals surface area contributed by atoms with Crippen LogP contribution in [0.5, 0.6) is 0 Å². The first-order valence-electron chi connectivity index (χ1n) is 9.83. The Hall–Kier alpha value is -1.88. The third kappa shape index (κ3) is 2.40. The van der Waals surface area contributed by atoms with Crippen molar-refractivity contribution >= 4 is 11.9 Å². The first kappa shape index (κ1) is 17.5. The normalized spacial score (nSPS) is 32.8. The van der Waals surface area contributed by atoms with Crippen LogP contribution in [0.2, 0.25) is 0 Å². The number of imide groups is 1. The first-order chi connectivity index (χ1) is 12.5. The summed E-state index contributed by atoms with van der Waals surface area (Å²) >= 11 is 0. The van der Waals surface area contributed by atoms with E-state index in [2.05, 4.69) is 35.8 Å². The molecular formula is C21H28N2O3. The number of amides is 3. The molecule has 3 aliphatic rings. The second-order valence-corrected chi connectivity index (χ2v) is 8.15. The second-order valence-electron chi connectivity index (χ2n) is 8.15. The standard InChI is InChI=1S/C21H28N2O3/c1-3-4-5-14-6-7-15-13-20(10-8-16(26-2)9-11-20)21(17(15)12-14)18(24)22-19(25)23-21/h6-7,12,16H,3-5,8-11,13H2,1-2H3,(H2,22,23,24,25)/t16-,20-,21?. The Morgan fingerprint density at radius 3 is 2.62 bits per heavy atom. The van der Waals surface area contributed by atoms with Crippen molar-refractivity contribution in [2.45, 2.75) is 69.9 Å². The van der Waals surface area contributed by atoms with Gasteiger partial charge in [0.25, 0.3) is 5.91 Å². The zero-order valence-corrected chi connectivity index (χ0v) is 15.7. The molecule has 1 aliphatic heterocycles. The number of methoxy groups -OCH3 is 1. The van der Waals surface area contributed by atoms with Crippen LogP contribution >= 0.6 is 0 Å². The van der Waals surface area contributed by atoms with Crippen LogP contribution in [0, 0.1) is 5.41 Å². The van der Waals surface area contributed by atoms with Crippen molar-refractivity contribution in [3.63, 3.8) is 0 Å². The number of ether oxygens (including phenoxy) is 1. The SMILES string of the molecule is CCCCc1ccc2c(c1)C1(NC(=O)NC1=O)[C@]1(CC[C@H](OC)CC1)C2. The second kappa shape index (κ2) is 6.38. The van der Waals surface area contributed by atoms with Crippen LogP contribution in [-0.4, -0.2) is 25.2 Å². The van der Waals surface area contributed by atoms with Gasteiger partial charge in [0.2, 0.25) is 0 Å². The fourth-order valence-corrected chi connectivity index (χ4v) is 5.40. The van der Waals surface area contributed by atoms with Crippen LogP contribution < -0.4 is 10.6 Å². The van der Waals surface area contributed by atoms with Gasteiger partial charge in [-0.1, -0.05) is 31.5 Å². The number of fused-ring (bicyclic) bond motifs is 3. The Morgan fingerprint density at radius 1 is 1.23 bits per heavy atom. The molecule has 1 saturated carbocycles. The molecule has 1 aromatic carbocycles. The summed E-state index contributed by atoms with van der Waals surface area (Å²) in [6.07, 6.45) is 8.01. The van der Waals surface area contributed by atoms with E-state index < -0.39 is 5.54 Å². The molecule has 0 aromatic heterocycles. The lowest BCUT2D eigenvalue weighted by atomic mass is 9.61. The molecule has 1 atom stereocenters. The van der Waals surface area contributed by atoms with Gasteiger partial charge < -0.3 is 10.1 Å². The van der Waals surface area contributed by atoms with Gasteiger partial charge in [-0.3, -0.25) is 10.1 Å². The van der Waals surface area contributed by atoms with E-state index in [0.29, 0.717) is 0 Å². The number of hydrogen-bond acceptors (Lipinski definition) is 3. The zero-order valence-electron chi connectivity index (χ0n) is 15.7. The molecule has 1 unspecified atom stereocenters. The topological polar surface area (TPSA) is 67.4 Å². The molecule has 1 heterocycles. The van der Waals surface area contributed by atoms with Gasteiger partial charge in [-0.25, -0.2) is 4.79 Å². The maximum absolute atomic E-state index is 13.1. The molecule has 1 aromatic rings. The van der Waals surface area contributed by atoms with Crippen molar-refractivity contribution in [2.24, 2.45) is 5.41 Å². The lowest BCUT2D eigenvalue weighted by molar-refractivity contribution is -0.131. The molecule has 2 N–H and O–H groups in total. The number of aryl methyl sites for hydroxylation is 1. The van der Waals surface area contributed by atoms with Crippen LogP contribution in [0.4, 0.5) is 4.79 Å². The number of nitrogens with one attached hydrogen (secondary N) is 2. The van der Waals surface area contributed by atoms with Crippen molar-refractivity contribution < 1.29 is 14.3 Å². The maximum atomic E-state index is 13.1. The van der Waals surface area contributed by atoms with Crippen molar-refractivity contribution in [2.75, 3.05) is 7.11 Å². The predicted octanol–water partition coefficient (Wildman–Crippen LogP) is 3.20. The average Bonchev–Trinajstić information content (AvgIpc) is 3.09. The van der Waals surface area contributed by atoms with Gasteiger partial charge in [0, 0.05) is 12.5 Å². The fraction of sp³-hybridized carbons (Fsp3) is 0.619. The van der Waals surface area contributed by atoms with Gasteiger partial charge in [-0.2, -0.15) is 0 Å². The van der Waals surface area contributed by atoms with Crippen LogP contribution in [0.1, 0.15) is 62.1 Å². The molecule has 0 bridgehead atoms. The molecular weight excluding hydrogens is 328 g/mol. The maximum Gasteiger partial charge on any atom is 0.322 e. The molecule has 2 fully saturated rings. The largest absolute Gasteiger partial charge is 0.381 e. The Morgan fingerprint density at radius 2 is 2.00 bits per heavy atom. The van der Waals surface area contributed by atoms with Gasteiger partial charge in [0.15, 0.2) is 5.54 Å². The number of unbranched alkanes of at least 4 members (excludes halogenated alkanes) is 1. The summed E-state index contributed by atoms with van der Waals surface area (Å²) in [5.74, 6) is -0.176. The molecule has 140 valence electrons. The summed E-state index contributed by atoms with van der Waals surface area (Å²) in [6.45, 7) is 2.18. The Bertz CT molecular complexity index is 737. The number of carbonyl (C=O) groups is 2. The summed E-state index contributed by atoms with van der Waals surface area (Å²) in [5.41, 5.74) is 2.31. The van der Waals surface area contributed by atoms with Crippen LogP contribution in [0.25, 0.3) is 0 Å². The van der Waals surface area contributed by atoms with Gasteiger partial charge in [0.05, 0.1) is 6.10 Å². The van der Waals surface area contributed by atoms with Crippen molar-refractivity contribution in [3.05, 3.63) is 34.9 Å². The first-order valence-corrected chi connectivity index (χ1v) is 9.83. The molecule has 26 heavy (non-hydrogen) atoms. The number of rotatable bonds is 4. The smallest absolute Gasteiger partial charge is 0.322 e. The summed E-state index contributed by atoms with van der Waals surface area (Å²) < 4.78 is 5.55. The van der Waals surface area contributed by atoms with Crippen LogP contribution in [0.3, 0.4) is 0 Å². The van der Waals surface area contributed by atoms with E-state index in [9.17, 15) is 9.59 Å². The highest BCUT2D eigenvalue weighted by Gasteiger charge is 2.66. The minimum absolute atomic E-state index is 0.176. The molecule has 0 radical (unpaired) electrons. The van der Waals surface area contributed by atoms with E-state index in [1.54, 1.807) is 7.11 Å². The third-order valence-electron chi connectivity index (χ3n) is 6.81. The Kier molecular flexibility index (Phi) is 4.30. The fourth-order valence-electron chi connectivity index (χ4n) is 5.40. The average molecular weight is 356 g/mol. The molecule has 2 aliphatic carbocycles. The van der Waals surface area contributed by atoms with E-state index >= 15 is 0 Å². The summed E-state index contributed by atoms with van der Waals surface area (Å²) in [4.78, 5) is 25.3. The highest BCUT2D eigenvalue weighted by atomic mass is 16.5. The summed E-state index contributed by atoms with van der Waals surface area (Å²) in [7, 11) is 1.76. The molecule has 5 heteroatoms. The van der Waals surface area contributed by atoms with E-state index in [-0.39, 0.29) is 23.5 Å². The van der Waals surface area contributed by atoms with E-state index in [4.69, 9.17) is 4.74 Å². The highest BCUT2D eigenvalue weighted by molar-refractivity contribution is 6.08. The van der Waals surface area contributed by atoms with E-state index in [0.717, 1.165) is 56.9 Å². The molecule has 4 rings (SSSR count). The number of urea groups is 1. The zero-order chi connectivity index (χ0) is 18.4.